The minimum absolute atomic E-state index is 0.490. The largest absolute Gasteiger partial charge is 0.494 e. The Balaban J connectivity index is 1.50. The van der Waals surface area contributed by atoms with Crippen LogP contribution in [-0.2, 0) is 6.42 Å². The van der Waals surface area contributed by atoms with Gasteiger partial charge >= 0.3 is 0 Å². The van der Waals surface area contributed by atoms with Crippen molar-refractivity contribution in [2.45, 2.75) is 19.3 Å². The van der Waals surface area contributed by atoms with Gasteiger partial charge in [-0.05, 0) is 25.0 Å². The first-order chi connectivity index (χ1) is 10.8. The van der Waals surface area contributed by atoms with Crippen molar-refractivity contribution in [3.8, 4) is 5.75 Å². The van der Waals surface area contributed by atoms with Crippen molar-refractivity contribution in [2.24, 2.45) is 10.7 Å². The van der Waals surface area contributed by atoms with Gasteiger partial charge in [-0.2, -0.15) is 0 Å². The van der Waals surface area contributed by atoms with E-state index in [1.165, 1.54) is 0 Å². The van der Waals surface area contributed by atoms with E-state index < -0.39 is 0 Å². The molecular weight excluding hydrogens is 278 g/mol. The number of guanidine groups is 1. The lowest BCUT2D eigenvalue weighted by atomic mass is 10.2. The molecule has 0 radical (unpaired) electrons. The number of benzene rings is 1. The Labute approximate surface area is 130 Å². The molecule has 0 aliphatic heterocycles. The highest BCUT2D eigenvalue weighted by atomic mass is 16.5. The monoisotopic (exact) mass is 301 g/mol. The molecule has 4 N–H and O–H groups in total. The number of nitrogens with zero attached hydrogens (tertiary/aromatic N) is 2. The van der Waals surface area contributed by atoms with E-state index in [4.69, 9.17) is 10.5 Å². The molecular formula is C16H23N5O. The van der Waals surface area contributed by atoms with Gasteiger partial charge in [-0.15, -0.1) is 0 Å². The van der Waals surface area contributed by atoms with Crippen molar-refractivity contribution < 1.29 is 4.74 Å². The molecule has 1 aromatic carbocycles. The maximum absolute atomic E-state index is 5.80. The van der Waals surface area contributed by atoms with Crippen LogP contribution in [0.3, 0.4) is 0 Å². The number of aromatic nitrogens is 2. The van der Waals surface area contributed by atoms with Crippen LogP contribution in [-0.4, -0.2) is 35.6 Å². The fraction of sp³-hybridized carbons (Fsp3) is 0.375. The van der Waals surface area contributed by atoms with Crippen molar-refractivity contribution in [3.63, 3.8) is 0 Å². The van der Waals surface area contributed by atoms with Crippen molar-refractivity contribution in [1.29, 1.82) is 0 Å². The van der Waals surface area contributed by atoms with Gasteiger partial charge < -0.3 is 20.8 Å². The number of hydrogen-bond donors (Lipinski definition) is 3. The van der Waals surface area contributed by atoms with Crippen LogP contribution in [0.5, 0.6) is 5.75 Å². The Morgan fingerprint density at radius 2 is 2.14 bits per heavy atom. The number of hydrogen-bond acceptors (Lipinski definition) is 3. The fourth-order valence-electron chi connectivity index (χ4n) is 1.94. The number of para-hydroxylation sites is 1. The Hall–Kier alpha value is -2.50. The van der Waals surface area contributed by atoms with Gasteiger partial charge in [-0.25, -0.2) is 4.98 Å². The Morgan fingerprint density at radius 3 is 2.91 bits per heavy atom. The number of H-pyrrole nitrogens is 1. The molecule has 0 saturated carbocycles. The number of aryl methyl sites for hydroxylation is 1. The molecule has 2 aromatic rings. The van der Waals surface area contributed by atoms with Crippen molar-refractivity contribution >= 4 is 5.96 Å². The number of nitrogens with one attached hydrogen (secondary N) is 2. The van der Waals surface area contributed by atoms with Crippen LogP contribution < -0.4 is 15.8 Å². The highest BCUT2D eigenvalue weighted by Crippen LogP contribution is 2.08. The van der Waals surface area contributed by atoms with Crippen LogP contribution in [0.1, 0.15) is 18.5 Å². The summed E-state index contributed by atoms with van der Waals surface area (Å²) in [5, 5.41) is 3.11. The lowest BCUT2D eigenvalue weighted by Crippen LogP contribution is -2.32. The van der Waals surface area contributed by atoms with Gasteiger partial charge in [0, 0.05) is 31.4 Å². The highest BCUT2D eigenvalue weighted by molar-refractivity contribution is 5.77. The van der Waals surface area contributed by atoms with Gasteiger partial charge in [-0.3, -0.25) is 4.99 Å². The first-order valence-corrected chi connectivity index (χ1v) is 7.53. The second kappa shape index (κ2) is 9.44. The van der Waals surface area contributed by atoms with E-state index in [1.807, 2.05) is 36.5 Å². The molecule has 1 heterocycles. The molecule has 118 valence electrons. The fourth-order valence-corrected chi connectivity index (χ4v) is 1.94. The van der Waals surface area contributed by atoms with Crippen LogP contribution in [0.15, 0.2) is 47.8 Å². The zero-order chi connectivity index (χ0) is 15.5. The van der Waals surface area contributed by atoms with Gasteiger partial charge in [0.05, 0.1) is 12.9 Å². The second-order valence-electron chi connectivity index (χ2n) is 4.89. The molecule has 0 bridgehead atoms. The molecule has 6 heteroatoms. The minimum atomic E-state index is 0.490. The van der Waals surface area contributed by atoms with Crippen LogP contribution in [0.2, 0.25) is 0 Å². The molecule has 0 unspecified atom stereocenters. The normalized spacial score (nSPS) is 11.4. The van der Waals surface area contributed by atoms with Crippen LogP contribution in [0, 0.1) is 0 Å². The predicted molar refractivity (Wildman–Crippen MR) is 88.0 cm³/mol. The zero-order valence-electron chi connectivity index (χ0n) is 12.7. The predicted octanol–water partition coefficient (Wildman–Crippen LogP) is 1.72. The molecule has 0 saturated heterocycles. The Bertz CT molecular complexity index is 539. The lowest BCUT2D eigenvalue weighted by Gasteiger charge is -2.06. The number of ether oxygens (including phenoxy) is 1. The summed E-state index contributed by atoms with van der Waals surface area (Å²) >= 11 is 0. The standard InChI is InChI=1S/C16H23N5O/c17-16(19-9-4-6-14-12-18-13-21-14)20-10-5-11-22-15-7-2-1-3-8-15/h1-3,7-8,12-13H,4-6,9-11H2,(H,18,21)(H3,17,19,20). The number of imidazole rings is 1. The quantitative estimate of drug-likeness (QED) is 0.374. The minimum Gasteiger partial charge on any atom is -0.494 e. The van der Waals surface area contributed by atoms with E-state index >= 15 is 0 Å². The summed E-state index contributed by atoms with van der Waals surface area (Å²) in [6, 6.07) is 9.77. The maximum Gasteiger partial charge on any atom is 0.188 e. The van der Waals surface area contributed by atoms with Gasteiger partial charge in [-0.1, -0.05) is 18.2 Å². The summed E-state index contributed by atoms with van der Waals surface area (Å²) in [5.41, 5.74) is 6.94. The van der Waals surface area contributed by atoms with Gasteiger partial charge in [0.25, 0.3) is 0 Å². The van der Waals surface area contributed by atoms with Crippen molar-refractivity contribution in [1.82, 2.24) is 15.3 Å². The third-order valence-electron chi connectivity index (χ3n) is 3.08. The van der Waals surface area contributed by atoms with E-state index in [0.29, 0.717) is 19.1 Å². The topological polar surface area (TPSA) is 88.3 Å². The van der Waals surface area contributed by atoms with Gasteiger partial charge in [0.2, 0.25) is 0 Å². The molecule has 0 aliphatic carbocycles. The summed E-state index contributed by atoms with van der Waals surface area (Å²) in [7, 11) is 0. The summed E-state index contributed by atoms with van der Waals surface area (Å²) in [4.78, 5) is 11.3. The molecule has 0 aliphatic rings. The first-order valence-electron chi connectivity index (χ1n) is 7.53. The van der Waals surface area contributed by atoms with E-state index in [2.05, 4.69) is 20.3 Å². The van der Waals surface area contributed by atoms with Crippen LogP contribution in [0.25, 0.3) is 0 Å². The number of rotatable bonds is 9. The van der Waals surface area contributed by atoms with E-state index in [-0.39, 0.29) is 0 Å². The molecule has 22 heavy (non-hydrogen) atoms. The Kier molecular flexibility index (Phi) is 6.81. The van der Waals surface area contributed by atoms with Crippen molar-refractivity contribution in [3.05, 3.63) is 48.5 Å². The lowest BCUT2D eigenvalue weighted by molar-refractivity contribution is 0.313. The molecule has 0 amide bonds. The molecule has 6 nitrogen and oxygen atoms in total. The molecule has 0 fully saturated rings. The molecule has 0 atom stereocenters. The average molecular weight is 301 g/mol. The highest BCUT2D eigenvalue weighted by Gasteiger charge is 1.96. The number of aromatic amines is 1. The molecule has 1 aromatic heterocycles. The maximum atomic E-state index is 5.80. The van der Waals surface area contributed by atoms with Crippen LogP contribution >= 0.6 is 0 Å². The average Bonchev–Trinajstić information content (AvgIpc) is 3.06. The summed E-state index contributed by atoms with van der Waals surface area (Å²) in [6.45, 7) is 2.10. The third kappa shape index (κ3) is 6.30. The number of nitrogens with two attached hydrogens (primary N) is 1. The van der Waals surface area contributed by atoms with Gasteiger partial charge in [0.1, 0.15) is 5.75 Å². The molecule has 2 rings (SSSR count). The Morgan fingerprint density at radius 1 is 1.27 bits per heavy atom. The SMILES string of the molecule is NC(=NCCCOc1ccccc1)NCCCc1cnc[nH]1. The third-order valence-corrected chi connectivity index (χ3v) is 3.08. The summed E-state index contributed by atoms with van der Waals surface area (Å²) in [5.74, 6) is 1.38. The zero-order valence-corrected chi connectivity index (χ0v) is 12.7. The number of aliphatic imine (C=N–C) groups is 1. The molecule has 0 spiro atoms. The van der Waals surface area contributed by atoms with E-state index in [0.717, 1.165) is 37.3 Å². The van der Waals surface area contributed by atoms with Gasteiger partial charge in [0.15, 0.2) is 5.96 Å². The van der Waals surface area contributed by atoms with Crippen molar-refractivity contribution in [2.75, 3.05) is 19.7 Å². The smallest absolute Gasteiger partial charge is 0.188 e. The van der Waals surface area contributed by atoms with E-state index in [1.54, 1.807) is 6.33 Å². The first kappa shape index (κ1) is 15.9. The van der Waals surface area contributed by atoms with E-state index in [9.17, 15) is 0 Å². The summed E-state index contributed by atoms with van der Waals surface area (Å²) in [6.07, 6.45) is 6.30. The second-order valence-corrected chi connectivity index (χ2v) is 4.89. The van der Waals surface area contributed by atoms with Crippen LogP contribution in [0.4, 0.5) is 0 Å². The summed E-state index contributed by atoms with van der Waals surface area (Å²) < 4.78 is 5.59.